The standard InChI is InChI=1S/C14H13F4N3/c15-10-6-4-5-9-11(10)19-13(14(16,17)18)20-12(9)21-7-2-1-3-8-21/h4-6H,1-3,7-8H2. The molecule has 1 aliphatic rings. The van der Waals surface area contributed by atoms with E-state index in [-0.39, 0.29) is 11.3 Å². The van der Waals surface area contributed by atoms with Crippen molar-refractivity contribution in [1.29, 1.82) is 0 Å². The fourth-order valence-electron chi connectivity index (χ4n) is 2.57. The zero-order chi connectivity index (χ0) is 15.0. The largest absolute Gasteiger partial charge is 0.451 e. The van der Waals surface area contributed by atoms with Gasteiger partial charge in [-0.1, -0.05) is 6.07 Å². The van der Waals surface area contributed by atoms with E-state index in [1.165, 1.54) is 6.07 Å². The first-order chi connectivity index (χ1) is 9.97. The Morgan fingerprint density at radius 3 is 2.38 bits per heavy atom. The van der Waals surface area contributed by atoms with Gasteiger partial charge >= 0.3 is 6.18 Å². The number of rotatable bonds is 1. The molecule has 0 unspecified atom stereocenters. The van der Waals surface area contributed by atoms with Crippen LogP contribution in [0.15, 0.2) is 18.2 Å². The Bertz CT molecular complexity index is 663. The molecule has 0 saturated carbocycles. The lowest BCUT2D eigenvalue weighted by atomic mass is 10.1. The van der Waals surface area contributed by atoms with Crippen LogP contribution in [0.3, 0.4) is 0 Å². The molecule has 21 heavy (non-hydrogen) atoms. The molecule has 1 aliphatic heterocycles. The first-order valence-electron chi connectivity index (χ1n) is 6.75. The molecule has 1 fully saturated rings. The average Bonchev–Trinajstić information content (AvgIpc) is 2.47. The number of alkyl halides is 3. The second-order valence-electron chi connectivity index (χ2n) is 5.05. The zero-order valence-corrected chi connectivity index (χ0v) is 11.1. The summed E-state index contributed by atoms with van der Waals surface area (Å²) in [6.45, 7) is 1.25. The molecule has 3 rings (SSSR count). The first-order valence-corrected chi connectivity index (χ1v) is 6.75. The molecule has 1 aromatic carbocycles. The molecule has 7 heteroatoms. The minimum atomic E-state index is -4.69. The SMILES string of the molecule is Fc1cccc2c(N3CCCCC3)nc(C(F)(F)F)nc12. The maximum atomic E-state index is 13.8. The van der Waals surface area contributed by atoms with Gasteiger partial charge in [-0.15, -0.1) is 0 Å². The molecule has 3 nitrogen and oxygen atoms in total. The fraction of sp³-hybridized carbons (Fsp3) is 0.429. The van der Waals surface area contributed by atoms with E-state index in [9.17, 15) is 17.6 Å². The topological polar surface area (TPSA) is 29.0 Å². The maximum absolute atomic E-state index is 13.8. The smallest absolute Gasteiger partial charge is 0.356 e. The van der Waals surface area contributed by atoms with Crippen molar-refractivity contribution < 1.29 is 17.6 Å². The number of anilines is 1. The summed E-state index contributed by atoms with van der Waals surface area (Å²) in [4.78, 5) is 8.80. The lowest BCUT2D eigenvalue weighted by Crippen LogP contribution is -2.31. The van der Waals surface area contributed by atoms with Gasteiger partial charge in [-0.05, 0) is 31.4 Å². The molecule has 2 heterocycles. The number of para-hydroxylation sites is 1. The van der Waals surface area contributed by atoms with Gasteiger partial charge in [-0.2, -0.15) is 13.2 Å². The molecule has 0 aliphatic carbocycles. The Morgan fingerprint density at radius 2 is 1.71 bits per heavy atom. The minimum absolute atomic E-state index is 0.173. The van der Waals surface area contributed by atoms with Gasteiger partial charge in [0.25, 0.3) is 0 Å². The molecule has 0 bridgehead atoms. The van der Waals surface area contributed by atoms with Crippen LogP contribution in [-0.2, 0) is 6.18 Å². The average molecular weight is 299 g/mol. The van der Waals surface area contributed by atoms with E-state index in [0.717, 1.165) is 25.3 Å². The van der Waals surface area contributed by atoms with Crippen molar-refractivity contribution in [3.63, 3.8) is 0 Å². The molecular formula is C14H13F4N3. The third-order valence-electron chi connectivity index (χ3n) is 3.57. The second-order valence-corrected chi connectivity index (χ2v) is 5.05. The number of halogens is 4. The number of nitrogens with zero attached hydrogens (tertiary/aromatic N) is 3. The van der Waals surface area contributed by atoms with Crippen LogP contribution in [0.2, 0.25) is 0 Å². The highest BCUT2D eigenvalue weighted by Gasteiger charge is 2.36. The molecule has 1 aromatic heterocycles. The highest BCUT2D eigenvalue weighted by molar-refractivity contribution is 5.90. The van der Waals surface area contributed by atoms with Crippen LogP contribution in [0.25, 0.3) is 10.9 Å². The number of hydrogen-bond acceptors (Lipinski definition) is 3. The molecular weight excluding hydrogens is 286 g/mol. The minimum Gasteiger partial charge on any atom is -0.356 e. The van der Waals surface area contributed by atoms with Crippen molar-refractivity contribution in [3.05, 3.63) is 29.8 Å². The number of fused-ring (bicyclic) bond motifs is 1. The third-order valence-corrected chi connectivity index (χ3v) is 3.57. The van der Waals surface area contributed by atoms with E-state index in [1.807, 2.05) is 0 Å². The van der Waals surface area contributed by atoms with Gasteiger partial charge in [0.2, 0.25) is 5.82 Å². The van der Waals surface area contributed by atoms with E-state index in [2.05, 4.69) is 9.97 Å². The van der Waals surface area contributed by atoms with Crippen LogP contribution >= 0.6 is 0 Å². The summed E-state index contributed by atoms with van der Waals surface area (Å²) in [5.74, 6) is -1.88. The molecule has 2 aromatic rings. The second kappa shape index (κ2) is 5.13. The van der Waals surface area contributed by atoms with Crippen molar-refractivity contribution in [2.24, 2.45) is 0 Å². The van der Waals surface area contributed by atoms with Gasteiger partial charge < -0.3 is 4.90 Å². The van der Waals surface area contributed by atoms with Crippen molar-refractivity contribution >= 4 is 16.7 Å². The molecule has 0 amide bonds. The molecule has 112 valence electrons. The normalized spacial score (nSPS) is 16.5. The van der Waals surface area contributed by atoms with Gasteiger partial charge in [0.15, 0.2) is 0 Å². The van der Waals surface area contributed by atoms with Gasteiger partial charge in [-0.3, -0.25) is 0 Å². The van der Waals surface area contributed by atoms with Gasteiger partial charge in [0.1, 0.15) is 17.2 Å². The van der Waals surface area contributed by atoms with Crippen LogP contribution in [0.1, 0.15) is 25.1 Å². The Kier molecular flexibility index (Phi) is 3.43. The molecule has 0 radical (unpaired) electrons. The fourth-order valence-corrected chi connectivity index (χ4v) is 2.57. The molecule has 0 atom stereocenters. The first kappa shape index (κ1) is 14.0. The van der Waals surface area contributed by atoms with Crippen molar-refractivity contribution in [2.45, 2.75) is 25.4 Å². The van der Waals surface area contributed by atoms with E-state index >= 15 is 0 Å². The molecule has 0 N–H and O–H groups in total. The van der Waals surface area contributed by atoms with E-state index in [1.54, 1.807) is 11.0 Å². The summed E-state index contributed by atoms with van der Waals surface area (Å²) in [7, 11) is 0. The quantitative estimate of drug-likeness (QED) is 0.750. The summed E-state index contributed by atoms with van der Waals surface area (Å²) in [5.41, 5.74) is -0.277. The summed E-state index contributed by atoms with van der Waals surface area (Å²) in [5, 5.41) is 0.324. The Hall–Kier alpha value is -1.92. The summed E-state index contributed by atoms with van der Waals surface area (Å²) < 4.78 is 52.6. The lowest BCUT2D eigenvalue weighted by molar-refractivity contribution is -0.144. The van der Waals surface area contributed by atoms with E-state index in [0.29, 0.717) is 18.5 Å². The number of hydrogen-bond donors (Lipinski definition) is 0. The van der Waals surface area contributed by atoms with Crippen molar-refractivity contribution in [2.75, 3.05) is 18.0 Å². The van der Waals surface area contributed by atoms with Crippen LogP contribution in [0, 0.1) is 5.82 Å². The molecule has 1 saturated heterocycles. The van der Waals surface area contributed by atoms with Gasteiger partial charge in [-0.25, -0.2) is 14.4 Å². The van der Waals surface area contributed by atoms with E-state index < -0.39 is 17.8 Å². The predicted octanol–water partition coefficient (Wildman–Crippen LogP) is 3.78. The van der Waals surface area contributed by atoms with E-state index in [4.69, 9.17) is 0 Å². The summed E-state index contributed by atoms with van der Waals surface area (Å²) in [6, 6.07) is 4.12. The predicted molar refractivity (Wildman–Crippen MR) is 70.6 cm³/mol. The number of piperidine rings is 1. The van der Waals surface area contributed by atoms with Crippen molar-refractivity contribution in [1.82, 2.24) is 9.97 Å². The van der Waals surface area contributed by atoms with Crippen LogP contribution in [0.5, 0.6) is 0 Å². The molecule has 0 spiro atoms. The van der Waals surface area contributed by atoms with Crippen LogP contribution in [-0.4, -0.2) is 23.1 Å². The highest BCUT2D eigenvalue weighted by atomic mass is 19.4. The highest BCUT2D eigenvalue weighted by Crippen LogP contribution is 2.33. The lowest BCUT2D eigenvalue weighted by Gasteiger charge is -2.29. The van der Waals surface area contributed by atoms with Gasteiger partial charge in [0, 0.05) is 18.5 Å². The van der Waals surface area contributed by atoms with Crippen LogP contribution in [0.4, 0.5) is 23.4 Å². The number of aromatic nitrogens is 2. The zero-order valence-electron chi connectivity index (χ0n) is 11.1. The number of benzene rings is 1. The maximum Gasteiger partial charge on any atom is 0.451 e. The van der Waals surface area contributed by atoms with Crippen molar-refractivity contribution in [3.8, 4) is 0 Å². The monoisotopic (exact) mass is 299 g/mol. The Labute approximate surface area is 118 Å². The van der Waals surface area contributed by atoms with Crippen LogP contribution < -0.4 is 4.90 Å². The Balaban J connectivity index is 2.22. The summed E-state index contributed by atoms with van der Waals surface area (Å²) >= 11 is 0. The third kappa shape index (κ3) is 2.64. The van der Waals surface area contributed by atoms with Gasteiger partial charge in [0.05, 0.1) is 0 Å². The summed E-state index contributed by atoms with van der Waals surface area (Å²) in [6.07, 6.45) is -1.87. The Morgan fingerprint density at radius 1 is 1.00 bits per heavy atom.